The summed E-state index contributed by atoms with van der Waals surface area (Å²) in [5.41, 5.74) is 2.80. The van der Waals surface area contributed by atoms with Crippen molar-refractivity contribution in [3.8, 4) is 0 Å². The lowest BCUT2D eigenvalue weighted by molar-refractivity contribution is -0.145. The third kappa shape index (κ3) is 2.16. The van der Waals surface area contributed by atoms with Crippen molar-refractivity contribution < 1.29 is 9.90 Å². The fraction of sp³-hybridized carbons (Fsp3) is 0.562. The van der Waals surface area contributed by atoms with Crippen molar-refractivity contribution in [2.75, 3.05) is 0 Å². The van der Waals surface area contributed by atoms with Crippen LogP contribution in [0.2, 0.25) is 0 Å². The van der Waals surface area contributed by atoms with Gasteiger partial charge in [-0.15, -0.1) is 0 Å². The van der Waals surface area contributed by atoms with Gasteiger partial charge in [-0.3, -0.25) is 4.79 Å². The maximum atomic E-state index is 11.9. The smallest absolute Gasteiger partial charge is 0.314 e. The first-order chi connectivity index (χ1) is 8.60. The molecule has 1 fully saturated rings. The van der Waals surface area contributed by atoms with E-state index in [-0.39, 0.29) is 0 Å². The molecule has 0 atom stereocenters. The fourth-order valence-electron chi connectivity index (χ4n) is 3.20. The summed E-state index contributed by atoms with van der Waals surface area (Å²) in [5.74, 6) is -0.637. The molecule has 0 bridgehead atoms. The van der Waals surface area contributed by atoms with E-state index in [0.717, 1.165) is 43.2 Å². The fourth-order valence-corrected chi connectivity index (χ4v) is 3.20. The van der Waals surface area contributed by atoms with Gasteiger partial charge in [-0.1, -0.05) is 49.9 Å². The van der Waals surface area contributed by atoms with Crippen LogP contribution in [0.3, 0.4) is 0 Å². The molecule has 98 valence electrons. The van der Waals surface area contributed by atoms with E-state index < -0.39 is 11.4 Å². The monoisotopic (exact) mass is 246 g/mol. The minimum absolute atomic E-state index is 0.629. The Kier molecular flexibility index (Phi) is 3.74. The van der Waals surface area contributed by atoms with Gasteiger partial charge in [-0.2, -0.15) is 0 Å². The Bertz CT molecular complexity index is 442. The van der Waals surface area contributed by atoms with Gasteiger partial charge in [0, 0.05) is 0 Å². The van der Waals surface area contributed by atoms with Gasteiger partial charge < -0.3 is 5.11 Å². The van der Waals surface area contributed by atoms with E-state index in [1.807, 2.05) is 6.92 Å². The molecule has 0 aromatic heterocycles. The molecular formula is C16H22O2. The Labute approximate surface area is 109 Å². The Balaban J connectivity index is 2.54. The van der Waals surface area contributed by atoms with Crippen LogP contribution in [0.5, 0.6) is 0 Å². The van der Waals surface area contributed by atoms with Crippen molar-refractivity contribution in [1.82, 2.24) is 0 Å². The van der Waals surface area contributed by atoms with Gasteiger partial charge in [-0.25, -0.2) is 0 Å². The molecule has 0 unspecified atom stereocenters. The van der Waals surface area contributed by atoms with Gasteiger partial charge in [0.15, 0.2) is 0 Å². The molecule has 1 aliphatic carbocycles. The number of rotatable bonds is 3. The molecule has 18 heavy (non-hydrogen) atoms. The lowest BCUT2D eigenvalue weighted by atomic mass is 9.67. The topological polar surface area (TPSA) is 37.3 Å². The Morgan fingerprint density at radius 2 is 1.94 bits per heavy atom. The van der Waals surface area contributed by atoms with Crippen LogP contribution in [-0.4, -0.2) is 11.1 Å². The average molecular weight is 246 g/mol. The van der Waals surface area contributed by atoms with E-state index in [2.05, 4.69) is 25.1 Å². The van der Waals surface area contributed by atoms with Gasteiger partial charge in [0.25, 0.3) is 0 Å². The molecule has 2 nitrogen and oxygen atoms in total. The number of hydrogen-bond acceptors (Lipinski definition) is 1. The number of carboxylic acid groups (broad SMARTS) is 1. The van der Waals surface area contributed by atoms with Crippen molar-refractivity contribution in [1.29, 1.82) is 0 Å². The largest absolute Gasteiger partial charge is 0.481 e. The average Bonchev–Trinajstić information content (AvgIpc) is 2.39. The third-order valence-corrected chi connectivity index (χ3v) is 4.28. The van der Waals surface area contributed by atoms with Crippen LogP contribution in [0.1, 0.15) is 55.7 Å². The highest BCUT2D eigenvalue weighted by Gasteiger charge is 2.42. The minimum atomic E-state index is -0.637. The second-order valence-electron chi connectivity index (χ2n) is 5.46. The SMILES string of the molecule is CCc1ccc(C)cc1C1(C(=O)O)CCCCC1. The molecule has 1 aromatic carbocycles. The number of hydrogen-bond donors (Lipinski definition) is 1. The van der Waals surface area contributed by atoms with Crippen LogP contribution in [0.25, 0.3) is 0 Å². The number of aryl methyl sites for hydroxylation is 2. The lowest BCUT2D eigenvalue weighted by Gasteiger charge is -2.35. The molecule has 0 heterocycles. The molecule has 2 heteroatoms. The zero-order valence-electron chi connectivity index (χ0n) is 11.3. The highest BCUT2D eigenvalue weighted by molar-refractivity contribution is 5.82. The summed E-state index contributed by atoms with van der Waals surface area (Å²) in [4.78, 5) is 11.9. The molecule has 0 saturated heterocycles. The Morgan fingerprint density at radius 3 is 2.50 bits per heavy atom. The normalized spacial score (nSPS) is 18.6. The van der Waals surface area contributed by atoms with Crippen LogP contribution in [0, 0.1) is 6.92 Å². The van der Waals surface area contributed by atoms with E-state index in [9.17, 15) is 9.90 Å². The number of carbonyl (C=O) groups is 1. The summed E-state index contributed by atoms with van der Waals surface area (Å²) in [5, 5.41) is 9.75. The van der Waals surface area contributed by atoms with Crippen LogP contribution in [-0.2, 0) is 16.6 Å². The molecule has 0 aliphatic heterocycles. The van der Waals surface area contributed by atoms with Crippen molar-refractivity contribution >= 4 is 5.97 Å². The van der Waals surface area contributed by atoms with Crippen molar-refractivity contribution in [3.05, 3.63) is 34.9 Å². The van der Waals surface area contributed by atoms with Gasteiger partial charge in [0.2, 0.25) is 0 Å². The summed E-state index contributed by atoms with van der Waals surface area (Å²) in [7, 11) is 0. The van der Waals surface area contributed by atoms with E-state index in [4.69, 9.17) is 0 Å². The quantitative estimate of drug-likeness (QED) is 0.879. The van der Waals surface area contributed by atoms with Crippen molar-refractivity contribution in [3.63, 3.8) is 0 Å². The summed E-state index contributed by atoms with van der Waals surface area (Å²) < 4.78 is 0. The first-order valence-electron chi connectivity index (χ1n) is 6.93. The molecule has 1 saturated carbocycles. The number of carboxylic acids is 1. The molecule has 1 aliphatic rings. The summed E-state index contributed by atoms with van der Waals surface area (Å²) in [6, 6.07) is 6.28. The zero-order valence-corrected chi connectivity index (χ0v) is 11.3. The predicted octanol–water partition coefficient (Wildman–Crippen LogP) is 3.84. The second kappa shape index (κ2) is 5.13. The first-order valence-corrected chi connectivity index (χ1v) is 6.93. The third-order valence-electron chi connectivity index (χ3n) is 4.28. The molecule has 0 spiro atoms. The van der Waals surface area contributed by atoms with Gasteiger partial charge >= 0.3 is 5.97 Å². The van der Waals surface area contributed by atoms with Gasteiger partial charge in [-0.05, 0) is 37.3 Å². The lowest BCUT2D eigenvalue weighted by Crippen LogP contribution is -2.38. The molecule has 0 radical (unpaired) electrons. The van der Waals surface area contributed by atoms with Gasteiger partial charge in [0.05, 0.1) is 5.41 Å². The maximum Gasteiger partial charge on any atom is 0.314 e. The predicted molar refractivity (Wildman–Crippen MR) is 73.0 cm³/mol. The van der Waals surface area contributed by atoms with Crippen LogP contribution < -0.4 is 0 Å². The standard InChI is InChI=1S/C16H22O2/c1-3-13-8-7-12(2)11-14(13)16(15(17)18)9-5-4-6-10-16/h7-8,11H,3-6,9-10H2,1-2H3,(H,17,18). The summed E-state index contributed by atoms with van der Waals surface area (Å²) >= 11 is 0. The molecule has 1 N–H and O–H groups in total. The molecular weight excluding hydrogens is 224 g/mol. The highest BCUT2D eigenvalue weighted by atomic mass is 16.4. The van der Waals surface area contributed by atoms with Gasteiger partial charge in [0.1, 0.15) is 0 Å². The Morgan fingerprint density at radius 1 is 1.28 bits per heavy atom. The highest BCUT2D eigenvalue weighted by Crippen LogP contribution is 2.41. The summed E-state index contributed by atoms with van der Waals surface area (Å²) in [6.07, 6.45) is 5.72. The van der Waals surface area contributed by atoms with E-state index in [0.29, 0.717) is 0 Å². The second-order valence-corrected chi connectivity index (χ2v) is 5.46. The van der Waals surface area contributed by atoms with E-state index >= 15 is 0 Å². The molecule has 0 amide bonds. The maximum absolute atomic E-state index is 11.9. The van der Waals surface area contributed by atoms with Crippen molar-refractivity contribution in [2.45, 2.75) is 57.8 Å². The summed E-state index contributed by atoms with van der Waals surface area (Å²) in [6.45, 7) is 4.15. The first kappa shape index (κ1) is 13.1. The van der Waals surface area contributed by atoms with Crippen LogP contribution in [0.15, 0.2) is 18.2 Å². The minimum Gasteiger partial charge on any atom is -0.481 e. The van der Waals surface area contributed by atoms with E-state index in [1.54, 1.807) is 0 Å². The molecule has 2 rings (SSSR count). The van der Waals surface area contributed by atoms with Crippen molar-refractivity contribution in [2.24, 2.45) is 0 Å². The van der Waals surface area contributed by atoms with Crippen LogP contribution in [0.4, 0.5) is 0 Å². The van der Waals surface area contributed by atoms with E-state index in [1.165, 1.54) is 12.0 Å². The Hall–Kier alpha value is -1.31. The number of aliphatic carboxylic acids is 1. The molecule has 1 aromatic rings. The van der Waals surface area contributed by atoms with Crippen LogP contribution >= 0.6 is 0 Å². The zero-order chi connectivity index (χ0) is 13.2. The number of benzene rings is 1.